The molecule has 0 N–H and O–H groups in total. The van der Waals surface area contributed by atoms with Crippen LogP contribution in [0.1, 0.15) is 62.6 Å². The van der Waals surface area contributed by atoms with Crippen molar-refractivity contribution in [1.82, 2.24) is 0 Å². The summed E-state index contributed by atoms with van der Waals surface area (Å²) < 4.78 is 0. The third-order valence-electron chi connectivity index (χ3n) is 7.40. The van der Waals surface area contributed by atoms with E-state index in [1.165, 1.54) is 56.2 Å². The van der Waals surface area contributed by atoms with Crippen molar-refractivity contribution >= 4 is 5.71 Å². The van der Waals surface area contributed by atoms with Crippen molar-refractivity contribution in [3.8, 4) is 0 Å². The van der Waals surface area contributed by atoms with Crippen LogP contribution in [0.5, 0.6) is 0 Å². The van der Waals surface area contributed by atoms with Crippen molar-refractivity contribution in [2.24, 2.45) is 28.2 Å². The van der Waals surface area contributed by atoms with Crippen molar-refractivity contribution in [1.29, 1.82) is 0 Å². The van der Waals surface area contributed by atoms with Gasteiger partial charge in [-0.15, -0.1) is 0 Å². The first-order chi connectivity index (χ1) is 11.1. The van der Waals surface area contributed by atoms with Crippen molar-refractivity contribution < 1.29 is 0 Å². The van der Waals surface area contributed by atoms with Gasteiger partial charge in [-0.25, -0.2) is 0 Å². The van der Waals surface area contributed by atoms with E-state index >= 15 is 0 Å². The van der Waals surface area contributed by atoms with Crippen LogP contribution in [0.15, 0.2) is 35.0 Å². The number of fused-ring (bicyclic) bond motifs is 1. The second kappa shape index (κ2) is 4.82. The molecule has 0 spiro atoms. The van der Waals surface area contributed by atoms with E-state index in [1.54, 1.807) is 16.7 Å². The lowest BCUT2D eigenvalue weighted by Crippen LogP contribution is -2.52. The van der Waals surface area contributed by atoms with Gasteiger partial charge in [-0.1, -0.05) is 26.0 Å². The smallest absolute Gasteiger partial charge is 0.0481 e. The Morgan fingerprint density at radius 1 is 1.04 bits per heavy atom. The number of rotatable bonds is 1. The molecule has 3 atom stereocenters. The summed E-state index contributed by atoms with van der Waals surface area (Å²) in [5.74, 6) is 2.52. The van der Waals surface area contributed by atoms with Gasteiger partial charge in [0.15, 0.2) is 0 Å². The number of hydrogen-bond donors (Lipinski definition) is 0. The maximum Gasteiger partial charge on any atom is 0.0481 e. The van der Waals surface area contributed by atoms with Crippen LogP contribution in [-0.2, 0) is 12.8 Å². The molecule has 3 unspecified atom stereocenters. The Hall–Kier alpha value is -1.37. The van der Waals surface area contributed by atoms with Gasteiger partial charge in [-0.2, -0.15) is 0 Å². The number of hydrogen-bond acceptors (Lipinski definition) is 1. The molecule has 1 aromatic rings. The molecule has 120 valence electrons. The zero-order chi connectivity index (χ0) is 15.6. The summed E-state index contributed by atoms with van der Waals surface area (Å²) in [6.07, 6.45) is 11.5. The number of allylic oxidation sites excluding steroid dienone is 1. The third-order valence-corrected chi connectivity index (χ3v) is 7.40. The van der Waals surface area contributed by atoms with Crippen LogP contribution in [0.2, 0.25) is 0 Å². The van der Waals surface area contributed by atoms with E-state index in [9.17, 15) is 0 Å². The predicted octanol–water partition coefficient (Wildman–Crippen LogP) is 5.32. The SMILES string of the molecule is CC1(C)C2CC3CC(c4ccc5c(c4)CCCC5)=NC=C3C1C2. The van der Waals surface area contributed by atoms with Crippen LogP contribution in [0.25, 0.3) is 0 Å². The molecule has 1 heterocycles. The zero-order valence-electron chi connectivity index (χ0n) is 14.4. The molecule has 1 nitrogen and oxygen atoms in total. The van der Waals surface area contributed by atoms with Crippen LogP contribution in [0, 0.1) is 23.2 Å². The van der Waals surface area contributed by atoms with Gasteiger partial charge < -0.3 is 0 Å². The first-order valence-electron chi connectivity index (χ1n) is 9.52. The molecule has 5 aliphatic rings. The summed E-state index contributed by atoms with van der Waals surface area (Å²) >= 11 is 0. The highest BCUT2D eigenvalue weighted by atomic mass is 14.8. The molecule has 4 aliphatic carbocycles. The van der Waals surface area contributed by atoms with Gasteiger partial charge in [0.25, 0.3) is 0 Å². The Morgan fingerprint density at radius 2 is 1.87 bits per heavy atom. The van der Waals surface area contributed by atoms with Gasteiger partial charge in [-0.05, 0) is 96.4 Å². The summed E-state index contributed by atoms with van der Waals surface area (Å²) in [5.41, 5.74) is 8.08. The quantitative estimate of drug-likeness (QED) is 0.665. The zero-order valence-corrected chi connectivity index (χ0v) is 14.4. The first kappa shape index (κ1) is 14.0. The van der Waals surface area contributed by atoms with Crippen molar-refractivity contribution in [3.05, 3.63) is 46.7 Å². The van der Waals surface area contributed by atoms with Crippen LogP contribution >= 0.6 is 0 Å². The molecule has 2 bridgehead atoms. The minimum atomic E-state index is 0.529. The fourth-order valence-corrected chi connectivity index (χ4v) is 5.69. The standard InChI is InChI=1S/C22H27N/c1-22(2)18-10-17-11-21(23-13-19(17)20(22)12-18)16-8-7-14-5-3-4-6-15(14)9-16/h7-9,13,17-18,20H,3-6,10-12H2,1-2H3. The monoisotopic (exact) mass is 305 g/mol. The largest absolute Gasteiger partial charge is 0.261 e. The number of aryl methyl sites for hydroxylation is 2. The van der Waals surface area contributed by atoms with Gasteiger partial charge in [0.1, 0.15) is 0 Å². The predicted molar refractivity (Wildman–Crippen MR) is 95.8 cm³/mol. The molecule has 1 aromatic carbocycles. The Bertz CT molecular complexity index is 721. The highest BCUT2D eigenvalue weighted by Gasteiger charge is 2.55. The van der Waals surface area contributed by atoms with E-state index < -0.39 is 0 Å². The molecule has 0 amide bonds. The fourth-order valence-electron chi connectivity index (χ4n) is 5.69. The highest BCUT2D eigenvalue weighted by Crippen LogP contribution is 2.63. The Morgan fingerprint density at radius 3 is 2.70 bits per heavy atom. The fraction of sp³-hybridized carbons (Fsp3) is 0.591. The topological polar surface area (TPSA) is 12.4 Å². The molecule has 1 heteroatoms. The lowest BCUT2D eigenvalue weighted by Gasteiger charge is -2.60. The maximum atomic E-state index is 4.93. The van der Waals surface area contributed by atoms with Gasteiger partial charge in [0, 0.05) is 11.9 Å². The Labute approximate surface area is 139 Å². The molecule has 6 rings (SSSR count). The molecule has 1 aliphatic heterocycles. The molecular formula is C22H27N. The van der Waals surface area contributed by atoms with E-state index in [0.29, 0.717) is 5.41 Å². The molecule has 0 radical (unpaired) electrons. The van der Waals surface area contributed by atoms with E-state index in [-0.39, 0.29) is 0 Å². The summed E-state index contributed by atoms with van der Waals surface area (Å²) in [7, 11) is 0. The van der Waals surface area contributed by atoms with Crippen LogP contribution in [-0.4, -0.2) is 5.71 Å². The normalized spacial score (nSPS) is 33.7. The van der Waals surface area contributed by atoms with Crippen molar-refractivity contribution in [2.75, 3.05) is 0 Å². The first-order valence-corrected chi connectivity index (χ1v) is 9.52. The summed E-state index contributed by atoms with van der Waals surface area (Å²) in [6, 6.07) is 7.14. The number of benzene rings is 1. The molecule has 0 saturated heterocycles. The van der Waals surface area contributed by atoms with Gasteiger partial charge in [-0.3, -0.25) is 4.99 Å². The van der Waals surface area contributed by atoms with E-state index in [2.05, 4.69) is 38.2 Å². The highest BCUT2D eigenvalue weighted by molar-refractivity contribution is 6.02. The number of nitrogens with zero attached hydrogens (tertiary/aromatic N) is 1. The second-order valence-corrected chi connectivity index (χ2v) is 8.84. The minimum absolute atomic E-state index is 0.529. The van der Waals surface area contributed by atoms with E-state index in [0.717, 1.165) is 17.8 Å². The summed E-state index contributed by atoms with van der Waals surface area (Å²) in [5, 5.41) is 0. The maximum absolute atomic E-state index is 4.93. The van der Waals surface area contributed by atoms with Gasteiger partial charge >= 0.3 is 0 Å². The van der Waals surface area contributed by atoms with Crippen LogP contribution < -0.4 is 0 Å². The van der Waals surface area contributed by atoms with E-state index in [1.807, 2.05) is 0 Å². The van der Waals surface area contributed by atoms with Gasteiger partial charge in [0.2, 0.25) is 0 Å². The molecular weight excluding hydrogens is 278 g/mol. The van der Waals surface area contributed by atoms with Crippen molar-refractivity contribution in [2.45, 2.75) is 58.8 Å². The Kier molecular flexibility index (Phi) is 2.93. The second-order valence-electron chi connectivity index (χ2n) is 8.84. The van der Waals surface area contributed by atoms with Gasteiger partial charge in [0.05, 0.1) is 0 Å². The average Bonchev–Trinajstić information content (AvgIpc) is 2.60. The van der Waals surface area contributed by atoms with E-state index in [4.69, 9.17) is 4.99 Å². The Balaban J connectivity index is 1.47. The minimum Gasteiger partial charge on any atom is -0.261 e. The molecule has 0 aromatic heterocycles. The molecule has 3 fully saturated rings. The van der Waals surface area contributed by atoms with Crippen LogP contribution in [0.4, 0.5) is 0 Å². The molecule has 23 heavy (non-hydrogen) atoms. The number of aliphatic imine (C=N–C) groups is 1. The van der Waals surface area contributed by atoms with Crippen molar-refractivity contribution in [3.63, 3.8) is 0 Å². The summed E-state index contributed by atoms with van der Waals surface area (Å²) in [4.78, 5) is 4.93. The lowest BCUT2D eigenvalue weighted by atomic mass is 9.44. The third kappa shape index (κ3) is 2.01. The summed E-state index contributed by atoms with van der Waals surface area (Å²) in [6.45, 7) is 4.93. The average molecular weight is 305 g/mol. The lowest BCUT2D eigenvalue weighted by molar-refractivity contribution is -0.0467. The van der Waals surface area contributed by atoms with Crippen LogP contribution in [0.3, 0.4) is 0 Å². The molecule has 3 saturated carbocycles.